The average Bonchev–Trinajstić information content (AvgIpc) is 2.78. The second kappa shape index (κ2) is 6.10. The first-order valence-corrected chi connectivity index (χ1v) is 7.83. The summed E-state index contributed by atoms with van der Waals surface area (Å²) in [4.78, 5) is 7.11. The molecule has 1 N–H and O–H groups in total. The normalized spacial score (nSPS) is 25.2. The van der Waals surface area contributed by atoms with E-state index >= 15 is 0 Å². The standard InChI is InChI=1S/C16H25N3O/c1-3-6-17-8-13-7-12(2)16(18-9-13)19-10-14-4-5-15(11-19)20-14/h7,9,14-15,17H,3-6,8,10-11H2,1-2H3. The Morgan fingerprint density at radius 1 is 1.35 bits per heavy atom. The predicted octanol–water partition coefficient (Wildman–Crippen LogP) is 2.26. The van der Waals surface area contributed by atoms with Crippen LogP contribution in [0.15, 0.2) is 12.3 Å². The smallest absolute Gasteiger partial charge is 0.131 e. The van der Waals surface area contributed by atoms with Gasteiger partial charge in [-0.1, -0.05) is 6.92 Å². The number of nitrogens with zero attached hydrogens (tertiary/aromatic N) is 2. The summed E-state index contributed by atoms with van der Waals surface area (Å²) in [6.45, 7) is 8.33. The van der Waals surface area contributed by atoms with Gasteiger partial charge in [0.05, 0.1) is 12.2 Å². The number of hydrogen-bond donors (Lipinski definition) is 1. The summed E-state index contributed by atoms with van der Waals surface area (Å²) < 4.78 is 5.90. The molecule has 110 valence electrons. The van der Waals surface area contributed by atoms with E-state index in [1.54, 1.807) is 0 Å². The maximum atomic E-state index is 5.90. The number of nitrogens with one attached hydrogen (secondary N) is 1. The van der Waals surface area contributed by atoms with Crippen LogP contribution in [-0.2, 0) is 11.3 Å². The lowest BCUT2D eigenvalue weighted by molar-refractivity contribution is 0.0302. The molecule has 0 amide bonds. The first-order chi connectivity index (χ1) is 9.76. The van der Waals surface area contributed by atoms with Crippen LogP contribution in [0.25, 0.3) is 0 Å². The van der Waals surface area contributed by atoms with Crippen LogP contribution in [0, 0.1) is 6.92 Å². The number of aromatic nitrogens is 1. The molecule has 3 heterocycles. The molecule has 2 saturated heterocycles. The van der Waals surface area contributed by atoms with E-state index in [1.807, 2.05) is 6.20 Å². The van der Waals surface area contributed by atoms with Gasteiger partial charge >= 0.3 is 0 Å². The summed E-state index contributed by atoms with van der Waals surface area (Å²) in [5.74, 6) is 1.14. The Hall–Kier alpha value is -1.13. The second-order valence-corrected chi connectivity index (χ2v) is 6.02. The quantitative estimate of drug-likeness (QED) is 0.836. The van der Waals surface area contributed by atoms with Crippen molar-refractivity contribution >= 4 is 5.82 Å². The summed E-state index contributed by atoms with van der Waals surface area (Å²) in [5.41, 5.74) is 2.55. The average molecular weight is 275 g/mol. The highest BCUT2D eigenvalue weighted by atomic mass is 16.5. The second-order valence-electron chi connectivity index (χ2n) is 6.02. The minimum absolute atomic E-state index is 0.417. The van der Waals surface area contributed by atoms with Gasteiger partial charge < -0.3 is 15.0 Å². The minimum Gasteiger partial charge on any atom is -0.371 e. The zero-order valence-electron chi connectivity index (χ0n) is 12.6. The maximum absolute atomic E-state index is 5.90. The van der Waals surface area contributed by atoms with E-state index in [1.165, 1.54) is 30.4 Å². The highest BCUT2D eigenvalue weighted by Gasteiger charge is 2.34. The van der Waals surface area contributed by atoms with Crippen molar-refractivity contribution in [2.45, 2.75) is 51.9 Å². The largest absolute Gasteiger partial charge is 0.371 e. The Kier molecular flexibility index (Phi) is 4.22. The first kappa shape index (κ1) is 13.8. The van der Waals surface area contributed by atoms with Gasteiger partial charge in [0.2, 0.25) is 0 Å². The molecule has 2 atom stereocenters. The van der Waals surface area contributed by atoms with Crippen molar-refractivity contribution in [3.63, 3.8) is 0 Å². The van der Waals surface area contributed by atoms with Crippen LogP contribution in [0.3, 0.4) is 0 Å². The zero-order chi connectivity index (χ0) is 13.9. The van der Waals surface area contributed by atoms with Gasteiger partial charge in [0.15, 0.2) is 0 Å². The molecule has 0 aromatic carbocycles. The summed E-state index contributed by atoms with van der Waals surface area (Å²) in [6.07, 6.45) is 6.43. The lowest BCUT2D eigenvalue weighted by atomic mass is 10.1. The first-order valence-electron chi connectivity index (χ1n) is 7.83. The fourth-order valence-electron chi connectivity index (χ4n) is 3.25. The molecule has 2 bridgehead atoms. The molecule has 1 aromatic heterocycles. The van der Waals surface area contributed by atoms with Crippen molar-refractivity contribution in [3.05, 3.63) is 23.4 Å². The van der Waals surface area contributed by atoms with E-state index in [0.29, 0.717) is 12.2 Å². The third-order valence-corrected chi connectivity index (χ3v) is 4.21. The van der Waals surface area contributed by atoms with E-state index in [4.69, 9.17) is 9.72 Å². The number of fused-ring (bicyclic) bond motifs is 2. The maximum Gasteiger partial charge on any atom is 0.131 e. The molecule has 2 fully saturated rings. The molecule has 4 heteroatoms. The van der Waals surface area contributed by atoms with Crippen LogP contribution < -0.4 is 10.2 Å². The molecule has 0 saturated carbocycles. The molecule has 2 aliphatic rings. The molecule has 0 aliphatic carbocycles. The fourth-order valence-corrected chi connectivity index (χ4v) is 3.25. The molecule has 0 radical (unpaired) electrons. The monoisotopic (exact) mass is 275 g/mol. The van der Waals surface area contributed by atoms with Gasteiger partial charge in [0.1, 0.15) is 5.82 Å². The molecular weight excluding hydrogens is 250 g/mol. The Labute approximate surface area is 121 Å². The van der Waals surface area contributed by atoms with Crippen molar-refractivity contribution in [2.75, 3.05) is 24.5 Å². The zero-order valence-corrected chi connectivity index (χ0v) is 12.6. The molecular formula is C16H25N3O. The van der Waals surface area contributed by atoms with Gasteiger partial charge in [0, 0.05) is 25.8 Å². The minimum atomic E-state index is 0.417. The van der Waals surface area contributed by atoms with Crippen LogP contribution >= 0.6 is 0 Å². The third kappa shape index (κ3) is 2.96. The molecule has 4 nitrogen and oxygen atoms in total. The number of ether oxygens (including phenoxy) is 1. The number of morpholine rings is 1. The highest BCUT2D eigenvalue weighted by molar-refractivity contribution is 5.48. The summed E-state index contributed by atoms with van der Waals surface area (Å²) >= 11 is 0. The Balaban J connectivity index is 1.67. The van der Waals surface area contributed by atoms with Gasteiger partial charge in [0.25, 0.3) is 0 Å². The van der Waals surface area contributed by atoms with Crippen molar-refractivity contribution in [1.82, 2.24) is 10.3 Å². The van der Waals surface area contributed by atoms with Crippen LogP contribution in [0.2, 0.25) is 0 Å². The Bertz CT molecular complexity index is 451. The number of rotatable bonds is 5. The van der Waals surface area contributed by atoms with Crippen molar-refractivity contribution in [2.24, 2.45) is 0 Å². The van der Waals surface area contributed by atoms with Gasteiger partial charge in [-0.05, 0) is 49.9 Å². The van der Waals surface area contributed by atoms with E-state index < -0.39 is 0 Å². The van der Waals surface area contributed by atoms with E-state index in [0.717, 1.165) is 32.0 Å². The molecule has 3 rings (SSSR count). The number of pyridine rings is 1. The lowest BCUT2D eigenvalue weighted by Crippen LogP contribution is -2.43. The summed E-state index contributed by atoms with van der Waals surface area (Å²) in [7, 11) is 0. The van der Waals surface area contributed by atoms with Crippen LogP contribution in [-0.4, -0.2) is 36.8 Å². The van der Waals surface area contributed by atoms with Crippen LogP contribution in [0.4, 0.5) is 5.82 Å². The van der Waals surface area contributed by atoms with Crippen LogP contribution in [0.1, 0.15) is 37.3 Å². The predicted molar refractivity (Wildman–Crippen MR) is 81.1 cm³/mol. The molecule has 0 spiro atoms. The van der Waals surface area contributed by atoms with E-state index in [2.05, 4.69) is 30.1 Å². The summed E-state index contributed by atoms with van der Waals surface area (Å²) in [6, 6.07) is 2.27. The Morgan fingerprint density at radius 3 is 2.75 bits per heavy atom. The topological polar surface area (TPSA) is 37.4 Å². The Morgan fingerprint density at radius 2 is 2.10 bits per heavy atom. The highest BCUT2D eigenvalue weighted by Crippen LogP contribution is 2.30. The van der Waals surface area contributed by atoms with Gasteiger partial charge in [-0.2, -0.15) is 0 Å². The van der Waals surface area contributed by atoms with E-state index in [-0.39, 0.29) is 0 Å². The molecule has 20 heavy (non-hydrogen) atoms. The fraction of sp³-hybridized carbons (Fsp3) is 0.688. The van der Waals surface area contributed by atoms with Crippen molar-refractivity contribution in [3.8, 4) is 0 Å². The van der Waals surface area contributed by atoms with Crippen molar-refractivity contribution < 1.29 is 4.74 Å². The van der Waals surface area contributed by atoms with Crippen LogP contribution in [0.5, 0.6) is 0 Å². The molecule has 2 unspecified atom stereocenters. The van der Waals surface area contributed by atoms with Gasteiger partial charge in [-0.25, -0.2) is 4.98 Å². The van der Waals surface area contributed by atoms with Gasteiger partial charge in [-0.15, -0.1) is 0 Å². The van der Waals surface area contributed by atoms with Crippen molar-refractivity contribution in [1.29, 1.82) is 0 Å². The van der Waals surface area contributed by atoms with Gasteiger partial charge in [-0.3, -0.25) is 0 Å². The third-order valence-electron chi connectivity index (χ3n) is 4.21. The number of hydrogen-bond acceptors (Lipinski definition) is 4. The number of aryl methyl sites for hydroxylation is 1. The molecule has 2 aliphatic heterocycles. The molecule has 1 aromatic rings. The summed E-state index contributed by atoms with van der Waals surface area (Å²) in [5, 5.41) is 3.43. The number of anilines is 1. The lowest BCUT2D eigenvalue weighted by Gasteiger charge is -2.33. The van der Waals surface area contributed by atoms with E-state index in [9.17, 15) is 0 Å². The SMILES string of the molecule is CCCNCc1cnc(N2CC3CCC(C2)O3)c(C)c1.